The van der Waals surface area contributed by atoms with Gasteiger partial charge in [0.1, 0.15) is 11.6 Å². The zero-order chi connectivity index (χ0) is 22.0. The molecule has 0 radical (unpaired) electrons. The van der Waals surface area contributed by atoms with Gasteiger partial charge in [-0.2, -0.15) is 28.4 Å². The van der Waals surface area contributed by atoms with Crippen molar-refractivity contribution < 1.29 is 26.4 Å². The number of ketones is 1. The van der Waals surface area contributed by atoms with Crippen LogP contribution in [0.25, 0.3) is 0 Å². The van der Waals surface area contributed by atoms with Gasteiger partial charge >= 0.3 is 6.18 Å². The minimum atomic E-state index is -4.54. The summed E-state index contributed by atoms with van der Waals surface area (Å²) in [6.45, 7) is 1.40. The minimum Gasteiger partial charge on any atom is -0.368 e. The molecule has 0 aliphatic heterocycles. The lowest BCUT2D eigenvalue weighted by atomic mass is 10.0. The van der Waals surface area contributed by atoms with Crippen molar-refractivity contribution in [1.82, 2.24) is 9.97 Å². The molecule has 12 heteroatoms. The lowest BCUT2D eigenvalue weighted by Gasteiger charge is -2.16. The van der Waals surface area contributed by atoms with Crippen LogP contribution in [0, 0.1) is 11.3 Å². The molecule has 0 amide bonds. The zero-order valence-corrected chi connectivity index (χ0v) is 16.1. The van der Waals surface area contributed by atoms with Gasteiger partial charge in [0.05, 0.1) is 11.6 Å². The maximum Gasteiger partial charge on any atom is 0.416 e. The van der Waals surface area contributed by atoms with Crippen LogP contribution >= 0.6 is 0 Å². The van der Waals surface area contributed by atoms with E-state index in [4.69, 9.17) is 5.73 Å². The second-order valence-corrected chi connectivity index (χ2v) is 8.13. The first-order valence-corrected chi connectivity index (χ1v) is 9.95. The van der Waals surface area contributed by atoms with E-state index in [1.54, 1.807) is 6.07 Å². The fourth-order valence-corrected chi connectivity index (χ4v) is 3.20. The minimum absolute atomic E-state index is 0.151. The van der Waals surface area contributed by atoms with Gasteiger partial charge in [-0.25, -0.2) is 8.42 Å². The van der Waals surface area contributed by atoms with Crippen molar-refractivity contribution in [3.05, 3.63) is 41.0 Å². The average molecular weight is 427 g/mol. The molecule has 1 atom stereocenters. The van der Waals surface area contributed by atoms with Crippen LogP contribution in [0.15, 0.2) is 29.3 Å². The van der Waals surface area contributed by atoms with E-state index in [9.17, 15) is 31.6 Å². The number of benzene rings is 1. The van der Waals surface area contributed by atoms with E-state index in [2.05, 4.69) is 15.3 Å². The van der Waals surface area contributed by atoms with E-state index in [1.165, 1.54) is 19.1 Å². The number of hydrogen-bond acceptors (Lipinski definition) is 8. The molecule has 0 bridgehead atoms. The largest absolute Gasteiger partial charge is 0.416 e. The van der Waals surface area contributed by atoms with Gasteiger partial charge in [-0.05, 0) is 18.6 Å². The van der Waals surface area contributed by atoms with E-state index in [0.29, 0.717) is 0 Å². The number of halogens is 3. The van der Waals surface area contributed by atoms with Gasteiger partial charge in [0, 0.05) is 12.7 Å². The molecule has 154 valence electrons. The number of nitrogens with two attached hydrogens (primary N) is 1. The van der Waals surface area contributed by atoms with Crippen LogP contribution in [0.4, 0.5) is 24.9 Å². The monoisotopic (exact) mass is 427 g/mol. The molecular formula is C17H16F3N5O3S. The summed E-state index contributed by atoms with van der Waals surface area (Å²) in [6, 6.07) is 5.00. The van der Waals surface area contributed by atoms with Gasteiger partial charge in [-0.3, -0.25) is 4.79 Å². The molecule has 8 nitrogen and oxygen atoms in total. The molecule has 0 unspecified atom stereocenters. The lowest BCUT2D eigenvalue weighted by Crippen LogP contribution is -2.29. The van der Waals surface area contributed by atoms with Crippen LogP contribution in [0.1, 0.15) is 23.6 Å². The van der Waals surface area contributed by atoms with Crippen molar-refractivity contribution in [2.45, 2.75) is 30.6 Å². The van der Waals surface area contributed by atoms with Crippen molar-refractivity contribution >= 4 is 27.4 Å². The van der Waals surface area contributed by atoms with Crippen molar-refractivity contribution in [2.24, 2.45) is 0 Å². The van der Waals surface area contributed by atoms with Crippen LogP contribution in [0.3, 0.4) is 0 Å². The van der Waals surface area contributed by atoms with Crippen molar-refractivity contribution in [1.29, 1.82) is 5.26 Å². The van der Waals surface area contributed by atoms with Crippen LogP contribution in [-0.4, -0.2) is 36.5 Å². The Hall–Kier alpha value is -3.20. The summed E-state index contributed by atoms with van der Waals surface area (Å²) in [5, 5.41) is 11.3. The van der Waals surface area contributed by atoms with E-state index >= 15 is 0 Å². The highest BCUT2D eigenvalue weighted by Gasteiger charge is 2.30. The fraction of sp³-hybridized carbons (Fsp3) is 0.294. The van der Waals surface area contributed by atoms with Gasteiger partial charge in [-0.15, -0.1) is 0 Å². The molecule has 3 N–H and O–H groups in total. The molecular weight excluding hydrogens is 411 g/mol. The first-order chi connectivity index (χ1) is 13.3. The van der Waals surface area contributed by atoms with Crippen molar-refractivity contribution in [3.63, 3.8) is 0 Å². The maximum atomic E-state index is 12.8. The Balaban J connectivity index is 2.27. The van der Waals surface area contributed by atoms with Crippen LogP contribution in [-0.2, 0) is 27.2 Å². The van der Waals surface area contributed by atoms with E-state index in [-0.39, 0.29) is 17.8 Å². The molecule has 2 rings (SSSR count). The topological polar surface area (TPSA) is 139 Å². The number of alkyl halides is 3. The van der Waals surface area contributed by atoms with Crippen molar-refractivity contribution in [2.75, 3.05) is 17.3 Å². The standard InChI is InChI=1S/C17H16F3N5O3S/c1-9(13(26)7-10-4-3-5-11(6-10)17(18,19)20)23-14-12(8-21)15(29(2,27)28)25-16(22)24-14/h3-6,9H,7H2,1-2H3,(H3,22,23,24,25)/t9-/m0/s1. The second-order valence-electron chi connectivity index (χ2n) is 6.20. The molecule has 1 aromatic heterocycles. The molecule has 0 fully saturated rings. The molecule has 0 aliphatic rings. The number of Topliss-reactive ketones (excluding diaryl/α,β-unsaturated/α-hetero) is 1. The number of carbonyl (C=O) groups is 1. The van der Waals surface area contributed by atoms with Crippen LogP contribution < -0.4 is 11.1 Å². The molecule has 1 heterocycles. The summed E-state index contributed by atoms with van der Waals surface area (Å²) in [4.78, 5) is 19.7. The Morgan fingerprint density at radius 1 is 1.34 bits per heavy atom. The third-order valence-corrected chi connectivity index (χ3v) is 4.82. The van der Waals surface area contributed by atoms with Gasteiger partial charge < -0.3 is 11.1 Å². The molecule has 29 heavy (non-hydrogen) atoms. The number of nitrogen functional groups attached to an aromatic ring is 1. The highest BCUT2D eigenvalue weighted by Crippen LogP contribution is 2.29. The summed E-state index contributed by atoms with van der Waals surface area (Å²) in [7, 11) is -3.90. The van der Waals surface area contributed by atoms with Gasteiger partial charge in [0.15, 0.2) is 26.5 Å². The summed E-state index contributed by atoms with van der Waals surface area (Å²) in [5.41, 5.74) is 4.34. The predicted molar refractivity (Wildman–Crippen MR) is 97.5 cm³/mol. The average Bonchev–Trinajstić information content (AvgIpc) is 2.60. The van der Waals surface area contributed by atoms with Gasteiger partial charge in [0.2, 0.25) is 5.95 Å². The number of sulfone groups is 1. The van der Waals surface area contributed by atoms with Crippen LogP contribution in [0.5, 0.6) is 0 Å². The summed E-state index contributed by atoms with van der Waals surface area (Å²) >= 11 is 0. The third kappa shape index (κ3) is 5.41. The number of nitrogens with one attached hydrogen (secondary N) is 1. The number of nitrogens with zero attached hydrogens (tertiary/aromatic N) is 3. The third-order valence-electron chi connectivity index (χ3n) is 3.82. The first kappa shape index (κ1) is 22.1. The Kier molecular flexibility index (Phi) is 6.13. The highest BCUT2D eigenvalue weighted by molar-refractivity contribution is 7.90. The summed E-state index contributed by atoms with van der Waals surface area (Å²) in [6.07, 6.45) is -4.02. The SMILES string of the molecule is C[C@H](Nc1nc(N)nc(S(C)(=O)=O)c1C#N)C(=O)Cc1cccc(C(F)(F)F)c1. The maximum absolute atomic E-state index is 12.8. The molecule has 0 saturated carbocycles. The molecule has 0 spiro atoms. The Morgan fingerprint density at radius 2 is 2.00 bits per heavy atom. The number of hydrogen-bond donors (Lipinski definition) is 2. The number of rotatable bonds is 6. The van der Waals surface area contributed by atoms with Crippen LogP contribution in [0.2, 0.25) is 0 Å². The summed E-state index contributed by atoms with van der Waals surface area (Å²) < 4.78 is 62.0. The Bertz CT molecular complexity index is 1090. The normalized spacial score (nSPS) is 12.8. The summed E-state index contributed by atoms with van der Waals surface area (Å²) in [5.74, 6) is -1.19. The number of carbonyl (C=O) groups excluding carboxylic acids is 1. The number of aromatic nitrogens is 2. The zero-order valence-electron chi connectivity index (χ0n) is 15.3. The first-order valence-electron chi connectivity index (χ1n) is 8.06. The smallest absolute Gasteiger partial charge is 0.368 e. The Morgan fingerprint density at radius 3 is 2.55 bits per heavy atom. The fourth-order valence-electron chi connectivity index (χ4n) is 2.43. The number of anilines is 2. The number of nitriles is 1. The second kappa shape index (κ2) is 8.04. The van der Waals surface area contributed by atoms with Gasteiger partial charge in [0.25, 0.3) is 0 Å². The van der Waals surface area contributed by atoms with Gasteiger partial charge in [-0.1, -0.05) is 18.2 Å². The van der Waals surface area contributed by atoms with E-state index in [0.717, 1.165) is 18.4 Å². The van der Waals surface area contributed by atoms with Crippen molar-refractivity contribution in [3.8, 4) is 6.07 Å². The van der Waals surface area contributed by atoms with E-state index in [1.807, 2.05) is 0 Å². The Labute approximate surface area is 164 Å². The lowest BCUT2D eigenvalue weighted by molar-refractivity contribution is -0.137. The molecule has 0 saturated heterocycles. The molecule has 2 aromatic rings. The molecule has 1 aromatic carbocycles. The molecule has 0 aliphatic carbocycles. The quantitative estimate of drug-likeness (QED) is 0.667. The van der Waals surface area contributed by atoms with E-state index < -0.39 is 49.9 Å². The highest BCUT2D eigenvalue weighted by atomic mass is 32.2. The predicted octanol–water partition coefficient (Wildman–Crippen LogP) is 1.96.